The molecule has 4 rings (SSSR count). The summed E-state index contributed by atoms with van der Waals surface area (Å²) in [6.45, 7) is 2.28. The maximum atomic E-state index is 13.2. The summed E-state index contributed by atoms with van der Waals surface area (Å²) in [4.78, 5) is 20.1. The van der Waals surface area contributed by atoms with E-state index in [9.17, 15) is 4.79 Å². The first-order chi connectivity index (χ1) is 13.1. The van der Waals surface area contributed by atoms with Crippen molar-refractivity contribution in [3.05, 3.63) is 77.3 Å². The molecule has 27 heavy (non-hydrogen) atoms. The predicted octanol–water partition coefficient (Wildman–Crippen LogP) is 5.24. The molecule has 136 valence electrons. The van der Waals surface area contributed by atoms with Crippen molar-refractivity contribution in [1.29, 1.82) is 0 Å². The molecule has 0 saturated heterocycles. The molecule has 0 bridgehead atoms. The Hall–Kier alpha value is -3.12. The first kappa shape index (κ1) is 17.3. The summed E-state index contributed by atoms with van der Waals surface area (Å²) in [5, 5.41) is 0.685. The van der Waals surface area contributed by atoms with Crippen LogP contribution in [0.1, 0.15) is 21.2 Å². The van der Waals surface area contributed by atoms with Crippen LogP contribution < -0.4 is 0 Å². The van der Waals surface area contributed by atoms with Gasteiger partial charge in [0.25, 0.3) is 5.91 Å². The standard InChI is InChI=1S/C21H18N2O3S/c1-14-10-11-16(26-14)13-23(2)21(24)19-18(15-7-4-3-5-8-15)22-20(27-19)17-9-6-12-25-17/h3-12H,13H2,1-2H3. The average molecular weight is 378 g/mol. The normalized spacial score (nSPS) is 10.9. The van der Waals surface area contributed by atoms with E-state index >= 15 is 0 Å². The number of hydrogen-bond donors (Lipinski definition) is 0. The minimum atomic E-state index is -0.0989. The summed E-state index contributed by atoms with van der Waals surface area (Å²) >= 11 is 1.34. The third kappa shape index (κ3) is 3.57. The largest absolute Gasteiger partial charge is 0.464 e. The molecule has 1 amide bonds. The fourth-order valence-electron chi connectivity index (χ4n) is 2.81. The molecule has 0 aliphatic heterocycles. The lowest BCUT2D eigenvalue weighted by Gasteiger charge is -2.15. The van der Waals surface area contributed by atoms with Crippen molar-refractivity contribution < 1.29 is 13.6 Å². The molecule has 0 fully saturated rings. The fourth-order valence-corrected chi connectivity index (χ4v) is 3.86. The van der Waals surface area contributed by atoms with Crippen LogP contribution in [0.3, 0.4) is 0 Å². The summed E-state index contributed by atoms with van der Waals surface area (Å²) in [6.07, 6.45) is 1.60. The summed E-state index contributed by atoms with van der Waals surface area (Å²) in [5.74, 6) is 2.13. The number of carbonyl (C=O) groups is 1. The van der Waals surface area contributed by atoms with E-state index < -0.39 is 0 Å². The lowest BCUT2D eigenvalue weighted by atomic mass is 10.1. The first-order valence-electron chi connectivity index (χ1n) is 8.52. The average Bonchev–Trinajstić information content (AvgIpc) is 3.42. The molecular formula is C21H18N2O3S. The van der Waals surface area contributed by atoms with Gasteiger partial charge in [-0.2, -0.15) is 0 Å². The highest BCUT2D eigenvalue weighted by atomic mass is 32.1. The zero-order chi connectivity index (χ0) is 18.8. The van der Waals surface area contributed by atoms with Crippen LogP contribution in [0.15, 0.2) is 69.7 Å². The van der Waals surface area contributed by atoms with Gasteiger partial charge in [-0.05, 0) is 31.2 Å². The number of benzene rings is 1. The van der Waals surface area contributed by atoms with Gasteiger partial charge in [-0.1, -0.05) is 30.3 Å². The van der Waals surface area contributed by atoms with Gasteiger partial charge in [-0.3, -0.25) is 4.79 Å². The van der Waals surface area contributed by atoms with Crippen molar-refractivity contribution in [3.63, 3.8) is 0 Å². The first-order valence-corrected chi connectivity index (χ1v) is 9.34. The molecule has 0 aliphatic rings. The van der Waals surface area contributed by atoms with Gasteiger partial charge in [0.1, 0.15) is 16.4 Å². The third-order valence-electron chi connectivity index (χ3n) is 4.14. The van der Waals surface area contributed by atoms with Gasteiger partial charge in [0.15, 0.2) is 10.8 Å². The number of nitrogens with zero attached hydrogens (tertiary/aromatic N) is 2. The molecule has 0 saturated carbocycles. The molecule has 6 heteroatoms. The number of rotatable bonds is 5. The van der Waals surface area contributed by atoms with Crippen molar-refractivity contribution in [2.45, 2.75) is 13.5 Å². The van der Waals surface area contributed by atoms with Gasteiger partial charge in [-0.25, -0.2) is 4.98 Å². The number of furan rings is 2. The molecule has 5 nitrogen and oxygen atoms in total. The van der Waals surface area contributed by atoms with Gasteiger partial charge in [-0.15, -0.1) is 11.3 Å². The van der Waals surface area contributed by atoms with Gasteiger partial charge in [0, 0.05) is 12.6 Å². The van der Waals surface area contributed by atoms with Crippen LogP contribution in [-0.2, 0) is 6.54 Å². The smallest absolute Gasteiger partial charge is 0.266 e. The molecule has 0 radical (unpaired) electrons. The zero-order valence-corrected chi connectivity index (χ0v) is 15.8. The highest BCUT2D eigenvalue weighted by Gasteiger charge is 2.24. The van der Waals surface area contributed by atoms with E-state index in [1.807, 2.05) is 61.5 Å². The van der Waals surface area contributed by atoms with E-state index in [0.29, 0.717) is 27.9 Å². The Morgan fingerprint density at radius 3 is 2.59 bits per heavy atom. The number of thiazole rings is 1. The second-order valence-corrected chi connectivity index (χ2v) is 7.21. The maximum absolute atomic E-state index is 13.2. The molecule has 0 unspecified atom stereocenters. The molecule has 1 aromatic carbocycles. The van der Waals surface area contributed by atoms with Gasteiger partial charge in [0.2, 0.25) is 0 Å². The number of aromatic nitrogens is 1. The van der Waals surface area contributed by atoms with Gasteiger partial charge in [0.05, 0.1) is 18.5 Å². The van der Waals surface area contributed by atoms with E-state index in [0.717, 1.165) is 17.1 Å². The fraction of sp³-hybridized carbons (Fsp3) is 0.143. The third-order valence-corrected chi connectivity index (χ3v) is 5.19. The van der Waals surface area contributed by atoms with Crippen molar-refractivity contribution in [2.24, 2.45) is 0 Å². The van der Waals surface area contributed by atoms with Crippen LogP contribution in [0, 0.1) is 6.92 Å². The summed E-state index contributed by atoms with van der Waals surface area (Å²) < 4.78 is 11.1. The SMILES string of the molecule is Cc1ccc(CN(C)C(=O)c2sc(-c3ccco3)nc2-c2ccccc2)o1. The molecule has 0 N–H and O–H groups in total. The highest BCUT2D eigenvalue weighted by molar-refractivity contribution is 7.17. The summed E-state index contributed by atoms with van der Waals surface area (Å²) in [5.41, 5.74) is 1.57. The summed E-state index contributed by atoms with van der Waals surface area (Å²) in [7, 11) is 1.77. The topological polar surface area (TPSA) is 59.5 Å². The molecule has 3 heterocycles. The number of hydrogen-bond acceptors (Lipinski definition) is 5. The maximum Gasteiger partial charge on any atom is 0.266 e. The molecule has 0 spiro atoms. The number of aryl methyl sites for hydroxylation is 1. The minimum Gasteiger partial charge on any atom is -0.464 e. The predicted molar refractivity (Wildman–Crippen MR) is 104 cm³/mol. The van der Waals surface area contributed by atoms with Crippen LogP contribution in [0.2, 0.25) is 0 Å². The molecule has 0 aliphatic carbocycles. The second-order valence-electron chi connectivity index (χ2n) is 6.21. The Bertz CT molecular complexity index is 1050. The van der Waals surface area contributed by atoms with Crippen molar-refractivity contribution in [3.8, 4) is 22.0 Å². The second kappa shape index (κ2) is 7.25. The van der Waals surface area contributed by atoms with Gasteiger partial charge < -0.3 is 13.7 Å². The van der Waals surface area contributed by atoms with Crippen molar-refractivity contribution in [1.82, 2.24) is 9.88 Å². The zero-order valence-electron chi connectivity index (χ0n) is 15.0. The lowest BCUT2D eigenvalue weighted by Crippen LogP contribution is -2.25. The Morgan fingerprint density at radius 1 is 1.11 bits per heavy atom. The van der Waals surface area contributed by atoms with Crippen LogP contribution >= 0.6 is 11.3 Å². The van der Waals surface area contributed by atoms with Crippen LogP contribution in [-0.4, -0.2) is 22.8 Å². The Morgan fingerprint density at radius 2 is 1.93 bits per heavy atom. The van der Waals surface area contributed by atoms with Crippen molar-refractivity contribution >= 4 is 17.2 Å². The quantitative estimate of drug-likeness (QED) is 0.476. The molecule has 0 atom stereocenters. The number of carbonyl (C=O) groups excluding carboxylic acids is 1. The Labute approximate surface area is 160 Å². The van der Waals surface area contributed by atoms with Crippen LogP contribution in [0.25, 0.3) is 22.0 Å². The Balaban J connectivity index is 1.70. The Kier molecular flexibility index (Phi) is 4.64. The summed E-state index contributed by atoms with van der Waals surface area (Å²) in [6, 6.07) is 17.2. The van der Waals surface area contributed by atoms with Crippen molar-refractivity contribution in [2.75, 3.05) is 7.05 Å². The van der Waals surface area contributed by atoms with Gasteiger partial charge >= 0.3 is 0 Å². The molecular weight excluding hydrogens is 360 g/mol. The van der Waals surface area contributed by atoms with E-state index in [2.05, 4.69) is 0 Å². The molecule has 4 aromatic rings. The monoisotopic (exact) mass is 378 g/mol. The van der Waals surface area contributed by atoms with Crippen LogP contribution in [0.5, 0.6) is 0 Å². The van der Waals surface area contributed by atoms with E-state index in [1.165, 1.54) is 11.3 Å². The highest BCUT2D eigenvalue weighted by Crippen LogP contribution is 2.35. The number of amides is 1. The van der Waals surface area contributed by atoms with E-state index in [1.54, 1.807) is 18.2 Å². The van der Waals surface area contributed by atoms with E-state index in [-0.39, 0.29) is 5.91 Å². The molecule has 3 aromatic heterocycles. The van der Waals surface area contributed by atoms with E-state index in [4.69, 9.17) is 13.8 Å². The van der Waals surface area contributed by atoms with Crippen LogP contribution in [0.4, 0.5) is 0 Å². The lowest BCUT2D eigenvalue weighted by molar-refractivity contribution is 0.0780. The minimum absolute atomic E-state index is 0.0989.